The van der Waals surface area contributed by atoms with E-state index in [1.165, 1.54) is 0 Å². The summed E-state index contributed by atoms with van der Waals surface area (Å²) in [6.45, 7) is 5.34. The summed E-state index contributed by atoms with van der Waals surface area (Å²) in [7, 11) is -3.64. The van der Waals surface area contributed by atoms with Crippen molar-refractivity contribution in [3.63, 3.8) is 0 Å². The average Bonchev–Trinajstić information content (AvgIpc) is 2.51. The number of amides is 1. The number of nitrogens with one attached hydrogen (secondary N) is 1. The van der Waals surface area contributed by atoms with Gasteiger partial charge in [0.15, 0.2) is 0 Å². The summed E-state index contributed by atoms with van der Waals surface area (Å²) >= 11 is 6.09. The summed E-state index contributed by atoms with van der Waals surface area (Å²) < 4.78 is 25.3. The summed E-state index contributed by atoms with van der Waals surface area (Å²) in [6, 6.07) is 10.5. The van der Waals surface area contributed by atoms with Gasteiger partial charge in [-0.3, -0.25) is 9.10 Å². The van der Waals surface area contributed by atoms with Crippen LogP contribution < -0.4 is 9.62 Å². The SMILES string of the molecule is Cc1ccc(N(CC(=O)Nc2cccc(C)c2C)S(C)(=O)=O)cc1Cl. The van der Waals surface area contributed by atoms with Crippen molar-refractivity contribution in [2.45, 2.75) is 20.8 Å². The first-order valence-corrected chi connectivity index (χ1v) is 9.92. The first kappa shape index (κ1) is 19.3. The largest absolute Gasteiger partial charge is 0.324 e. The minimum atomic E-state index is -3.64. The highest BCUT2D eigenvalue weighted by molar-refractivity contribution is 7.92. The lowest BCUT2D eigenvalue weighted by Crippen LogP contribution is -2.37. The molecule has 0 aliphatic heterocycles. The Hall–Kier alpha value is -2.05. The second kappa shape index (κ2) is 7.45. The molecule has 0 fully saturated rings. The van der Waals surface area contributed by atoms with Gasteiger partial charge in [-0.15, -0.1) is 0 Å². The molecule has 0 unspecified atom stereocenters. The van der Waals surface area contributed by atoms with Crippen LogP contribution in [0.3, 0.4) is 0 Å². The number of carbonyl (C=O) groups is 1. The highest BCUT2D eigenvalue weighted by Gasteiger charge is 2.21. The van der Waals surface area contributed by atoms with E-state index < -0.39 is 15.9 Å². The van der Waals surface area contributed by atoms with Crippen LogP contribution in [-0.2, 0) is 14.8 Å². The molecule has 2 aromatic rings. The van der Waals surface area contributed by atoms with E-state index >= 15 is 0 Å². The maximum Gasteiger partial charge on any atom is 0.245 e. The van der Waals surface area contributed by atoms with Crippen LogP contribution in [0.5, 0.6) is 0 Å². The second-order valence-corrected chi connectivity index (χ2v) is 8.31. The minimum absolute atomic E-state index is 0.328. The van der Waals surface area contributed by atoms with E-state index in [-0.39, 0.29) is 6.54 Å². The standard InChI is InChI=1S/C18H21ClN2O3S/c1-12-6-5-7-17(14(12)3)20-18(22)11-21(25(4,23)24)15-9-8-13(2)16(19)10-15/h5-10H,11H2,1-4H3,(H,20,22). The van der Waals surface area contributed by atoms with Crippen LogP contribution in [0.25, 0.3) is 0 Å². The van der Waals surface area contributed by atoms with E-state index in [9.17, 15) is 13.2 Å². The van der Waals surface area contributed by atoms with Crippen molar-refractivity contribution in [3.8, 4) is 0 Å². The Kier molecular flexibility index (Phi) is 5.75. The third-order valence-electron chi connectivity index (χ3n) is 4.01. The lowest BCUT2D eigenvalue weighted by molar-refractivity contribution is -0.114. The van der Waals surface area contributed by atoms with Gasteiger partial charge in [-0.1, -0.05) is 29.8 Å². The van der Waals surface area contributed by atoms with E-state index in [1.807, 2.05) is 32.9 Å². The van der Waals surface area contributed by atoms with Gasteiger partial charge < -0.3 is 5.32 Å². The molecule has 0 aliphatic rings. The molecule has 0 saturated heterocycles. The zero-order valence-corrected chi connectivity index (χ0v) is 16.2. The zero-order chi connectivity index (χ0) is 18.8. The number of anilines is 2. The summed E-state index contributed by atoms with van der Waals surface area (Å²) in [5, 5.41) is 3.22. The lowest BCUT2D eigenvalue weighted by atomic mass is 10.1. The van der Waals surface area contributed by atoms with E-state index in [4.69, 9.17) is 11.6 Å². The Labute approximate surface area is 153 Å². The van der Waals surface area contributed by atoms with Crippen LogP contribution >= 0.6 is 11.6 Å². The molecule has 0 bridgehead atoms. The molecule has 25 heavy (non-hydrogen) atoms. The molecular weight excluding hydrogens is 360 g/mol. The maximum atomic E-state index is 12.4. The number of sulfonamides is 1. The van der Waals surface area contributed by atoms with Crippen LogP contribution in [0, 0.1) is 20.8 Å². The van der Waals surface area contributed by atoms with E-state index in [0.29, 0.717) is 16.4 Å². The molecule has 7 heteroatoms. The van der Waals surface area contributed by atoms with E-state index in [2.05, 4.69) is 5.32 Å². The smallest absolute Gasteiger partial charge is 0.245 e. The number of benzene rings is 2. The van der Waals surface area contributed by atoms with Crippen molar-refractivity contribution in [2.24, 2.45) is 0 Å². The predicted molar refractivity (Wildman–Crippen MR) is 103 cm³/mol. The van der Waals surface area contributed by atoms with E-state index in [1.54, 1.807) is 24.3 Å². The molecule has 1 N–H and O–H groups in total. The first-order valence-electron chi connectivity index (χ1n) is 7.69. The molecular formula is C18H21ClN2O3S. The van der Waals surface area contributed by atoms with Crippen molar-refractivity contribution in [2.75, 3.05) is 22.4 Å². The summed E-state index contributed by atoms with van der Waals surface area (Å²) in [6.07, 6.45) is 1.06. The number of nitrogens with zero attached hydrogens (tertiary/aromatic N) is 1. The first-order chi connectivity index (χ1) is 11.6. The Morgan fingerprint density at radius 3 is 2.40 bits per heavy atom. The molecule has 5 nitrogen and oxygen atoms in total. The number of hydrogen-bond donors (Lipinski definition) is 1. The van der Waals surface area contributed by atoms with Crippen molar-refractivity contribution >= 4 is 38.9 Å². The summed E-state index contributed by atoms with van der Waals surface area (Å²) in [4.78, 5) is 12.4. The quantitative estimate of drug-likeness (QED) is 0.860. The van der Waals surface area contributed by atoms with Gasteiger partial charge in [0, 0.05) is 10.7 Å². The second-order valence-electron chi connectivity index (χ2n) is 6.00. The zero-order valence-electron chi connectivity index (χ0n) is 14.6. The number of aryl methyl sites for hydroxylation is 2. The van der Waals surface area contributed by atoms with Gasteiger partial charge in [0.1, 0.15) is 6.54 Å². The van der Waals surface area contributed by atoms with Crippen LogP contribution in [0.4, 0.5) is 11.4 Å². The fourth-order valence-electron chi connectivity index (χ4n) is 2.34. The number of hydrogen-bond acceptors (Lipinski definition) is 3. The van der Waals surface area contributed by atoms with Gasteiger partial charge in [-0.25, -0.2) is 8.42 Å². The molecule has 0 aliphatic carbocycles. The minimum Gasteiger partial charge on any atom is -0.324 e. The van der Waals surface area contributed by atoms with Crippen LogP contribution in [0.15, 0.2) is 36.4 Å². The molecule has 0 spiro atoms. The van der Waals surface area contributed by atoms with Crippen LogP contribution in [-0.4, -0.2) is 27.1 Å². The van der Waals surface area contributed by atoms with Gasteiger partial charge in [0.05, 0.1) is 11.9 Å². The predicted octanol–water partition coefficient (Wildman–Crippen LogP) is 3.67. The van der Waals surface area contributed by atoms with Crippen LogP contribution in [0.1, 0.15) is 16.7 Å². The fourth-order valence-corrected chi connectivity index (χ4v) is 3.37. The Morgan fingerprint density at radius 1 is 1.12 bits per heavy atom. The molecule has 2 aromatic carbocycles. The fraction of sp³-hybridized carbons (Fsp3) is 0.278. The maximum absolute atomic E-state index is 12.4. The average molecular weight is 381 g/mol. The van der Waals surface area contributed by atoms with Crippen molar-refractivity contribution < 1.29 is 13.2 Å². The van der Waals surface area contributed by atoms with Gasteiger partial charge in [-0.05, 0) is 55.7 Å². The molecule has 0 aromatic heterocycles. The molecule has 1 amide bonds. The Bertz CT molecular complexity index is 911. The lowest BCUT2D eigenvalue weighted by Gasteiger charge is -2.22. The number of rotatable bonds is 5. The molecule has 0 radical (unpaired) electrons. The number of halogens is 1. The van der Waals surface area contributed by atoms with Gasteiger partial charge >= 0.3 is 0 Å². The normalized spacial score (nSPS) is 11.2. The van der Waals surface area contributed by atoms with Gasteiger partial charge in [0.2, 0.25) is 15.9 Å². The monoisotopic (exact) mass is 380 g/mol. The van der Waals surface area contributed by atoms with Crippen molar-refractivity contribution in [3.05, 3.63) is 58.1 Å². The third-order valence-corrected chi connectivity index (χ3v) is 5.56. The molecule has 134 valence electrons. The Balaban J connectivity index is 2.27. The molecule has 0 heterocycles. The summed E-state index contributed by atoms with van der Waals surface area (Å²) in [5.41, 5.74) is 3.84. The molecule has 0 saturated carbocycles. The number of carbonyl (C=O) groups excluding carboxylic acids is 1. The molecule has 0 atom stereocenters. The van der Waals surface area contributed by atoms with Gasteiger partial charge in [0.25, 0.3) is 0 Å². The topological polar surface area (TPSA) is 66.5 Å². The third kappa shape index (κ3) is 4.74. The van der Waals surface area contributed by atoms with E-state index in [0.717, 1.165) is 27.3 Å². The van der Waals surface area contributed by atoms with Crippen LogP contribution in [0.2, 0.25) is 5.02 Å². The van der Waals surface area contributed by atoms with Crippen molar-refractivity contribution in [1.29, 1.82) is 0 Å². The highest BCUT2D eigenvalue weighted by atomic mass is 35.5. The van der Waals surface area contributed by atoms with Crippen molar-refractivity contribution in [1.82, 2.24) is 0 Å². The van der Waals surface area contributed by atoms with Gasteiger partial charge in [-0.2, -0.15) is 0 Å². The highest BCUT2D eigenvalue weighted by Crippen LogP contribution is 2.25. The molecule has 2 rings (SSSR count). The Morgan fingerprint density at radius 2 is 1.80 bits per heavy atom. The summed E-state index contributed by atoms with van der Waals surface area (Å²) in [5.74, 6) is -0.421.